The summed E-state index contributed by atoms with van der Waals surface area (Å²) in [6.45, 7) is 1.40. The van der Waals surface area contributed by atoms with Gasteiger partial charge in [0.1, 0.15) is 0 Å². The van der Waals surface area contributed by atoms with E-state index in [0.29, 0.717) is 24.9 Å². The van der Waals surface area contributed by atoms with Crippen LogP contribution in [0.1, 0.15) is 58.4 Å². The van der Waals surface area contributed by atoms with E-state index in [4.69, 9.17) is 0 Å². The summed E-state index contributed by atoms with van der Waals surface area (Å²) in [6.07, 6.45) is 4.89. The number of ketones is 1. The topological polar surface area (TPSA) is 57.6 Å². The van der Waals surface area contributed by atoms with Crippen LogP contribution >= 0.6 is 0 Å². The second kappa shape index (κ2) is 4.92. The number of benzene rings is 1. The summed E-state index contributed by atoms with van der Waals surface area (Å²) >= 11 is 0. The molecule has 1 unspecified atom stereocenters. The first-order valence-corrected chi connectivity index (χ1v) is 8.25. The Hall–Kier alpha value is -1.68. The van der Waals surface area contributed by atoms with Crippen LogP contribution < -0.4 is 0 Å². The minimum absolute atomic E-state index is 0.0282. The zero-order valence-corrected chi connectivity index (χ0v) is 12.7. The first kappa shape index (κ1) is 13.9. The molecule has 4 nitrogen and oxygen atoms in total. The SMILES string of the molecule is O=C1CCc2c1cccc2C(=O)N1CCCC(C2(O)CC2)C1. The third-order valence-electron chi connectivity index (χ3n) is 5.54. The Morgan fingerprint density at radius 1 is 1.27 bits per heavy atom. The zero-order valence-electron chi connectivity index (χ0n) is 12.7. The highest BCUT2D eigenvalue weighted by Gasteiger charge is 2.49. The van der Waals surface area contributed by atoms with Gasteiger partial charge in [-0.1, -0.05) is 12.1 Å². The molecule has 2 fully saturated rings. The molecule has 1 amide bonds. The Morgan fingerprint density at radius 2 is 2.09 bits per heavy atom. The Morgan fingerprint density at radius 3 is 2.86 bits per heavy atom. The van der Waals surface area contributed by atoms with Gasteiger partial charge in [0.2, 0.25) is 0 Å². The van der Waals surface area contributed by atoms with Crippen LogP contribution in [0.5, 0.6) is 0 Å². The zero-order chi connectivity index (χ0) is 15.3. The van der Waals surface area contributed by atoms with E-state index in [1.54, 1.807) is 0 Å². The van der Waals surface area contributed by atoms with Gasteiger partial charge in [-0.15, -0.1) is 0 Å². The molecule has 0 bridgehead atoms. The Labute approximate surface area is 130 Å². The second-order valence-corrected chi connectivity index (χ2v) is 6.95. The van der Waals surface area contributed by atoms with Gasteiger partial charge in [-0.3, -0.25) is 9.59 Å². The number of amides is 1. The third-order valence-corrected chi connectivity index (χ3v) is 5.54. The number of likely N-dealkylation sites (tertiary alicyclic amines) is 1. The number of Topliss-reactive ketones (excluding diaryl/α,β-unsaturated/α-hetero) is 1. The van der Waals surface area contributed by atoms with E-state index in [1.165, 1.54) is 0 Å². The second-order valence-electron chi connectivity index (χ2n) is 6.95. The summed E-state index contributed by atoms with van der Waals surface area (Å²) in [4.78, 5) is 26.6. The molecule has 1 heterocycles. The first-order valence-electron chi connectivity index (χ1n) is 8.25. The molecule has 116 valence electrons. The maximum atomic E-state index is 12.9. The molecule has 22 heavy (non-hydrogen) atoms. The van der Waals surface area contributed by atoms with Crippen LogP contribution in [0, 0.1) is 5.92 Å². The molecule has 1 aromatic carbocycles. The Balaban J connectivity index is 1.58. The van der Waals surface area contributed by atoms with Crippen molar-refractivity contribution >= 4 is 11.7 Å². The van der Waals surface area contributed by atoms with Gasteiger partial charge < -0.3 is 10.0 Å². The number of carbonyl (C=O) groups is 2. The molecule has 1 atom stereocenters. The van der Waals surface area contributed by atoms with Crippen molar-refractivity contribution in [2.45, 2.75) is 44.1 Å². The molecule has 0 radical (unpaired) electrons. The van der Waals surface area contributed by atoms with E-state index < -0.39 is 5.60 Å². The van der Waals surface area contributed by atoms with Crippen molar-refractivity contribution in [3.63, 3.8) is 0 Å². The molecule has 0 aromatic heterocycles. The quantitative estimate of drug-likeness (QED) is 0.910. The van der Waals surface area contributed by atoms with Gasteiger partial charge in [-0.25, -0.2) is 0 Å². The van der Waals surface area contributed by atoms with E-state index in [2.05, 4.69) is 0 Å². The number of hydrogen-bond acceptors (Lipinski definition) is 3. The van der Waals surface area contributed by atoms with Gasteiger partial charge in [0.15, 0.2) is 5.78 Å². The molecular formula is C18H21NO3. The van der Waals surface area contributed by atoms with E-state index in [0.717, 1.165) is 43.4 Å². The van der Waals surface area contributed by atoms with Gasteiger partial charge in [0.05, 0.1) is 5.60 Å². The van der Waals surface area contributed by atoms with E-state index >= 15 is 0 Å². The van der Waals surface area contributed by atoms with Crippen molar-refractivity contribution < 1.29 is 14.7 Å². The predicted molar refractivity (Wildman–Crippen MR) is 81.9 cm³/mol. The molecule has 4 heteroatoms. The number of carbonyl (C=O) groups excluding carboxylic acids is 2. The summed E-state index contributed by atoms with van der Waals surface area (Å²) in [5.41, 5.74) is 1.81. The van der Waals surface area contributed by atoms with Crippen LogP contribution in [0.25, 0.3) is 0 Å². The maximum absolute atomic E-state index is 12.9. The lowest BCUT2D eigenvalue weighted by Gasteiger charge is -2.35. The van der Waals surface area contributed by atoms with Crippen molar-refractivity contribution in [1.29, 1.82) is 0 Å². The molecule has 1 saturated carbocycles. The summed E-state index contributed by atoms with van der Waals surface area (Å²) in [6, 6.07) is 5.48. The number of hydrogen-bond donors (Lipinski definition) is 1. The molecule has 1 aromatic rings. The normalized spacial score (nSPS) is 26.0. The molecule has 1 saturated heterocycles. The monoisotopic (exact) mass is 299 g/mol. The molecule has 4 rings (SSSR count). The summed E-state index contributed by atoms with van der Waals surface area (Å²) < 4.78 is 0. The van der Waals surface area contributed by atoms with Crippen molar-refractivity contribution in [3.05, 3.63) is 34.9 Å². The lowest BCUT2D eigenvalue weighted by molar-refractivity contribution is 0.0281. The van der Waals surface area contributed by atoms with Crippen LogP contribution in [-0.4, -0.2) is 40.4 Å². The van der Waals surface area contributed by atoms with Crippen molar-refractivity contribution in [2.24, 2.45) is 5.92 Å². The first-order chi connectivity index (χ1) is 10.6. The molecule has 0 spiro atoms. The van der Waals surface area contributed by atoms with Gasteiger partial charge in [-0.05, 0) is 43.7 Å². The van der Waals surface area contributed by atoms with E-state index in [9.17, 15) is 14.7 Å². The van der Waals surface area contributed by atoms with E-state index in [1.807, 2.05) is 23.1 Å². The average Bonchev–Trinajstić information content (AvgIpc) is 3.20. The number of nitrogens with zero attached hydrogens (tertiary/aromatic N) is 1. The molecule has 2 aliphatic carbocycles. The van der Waals surface area contributed by atoms with Gasteiger partial charge in [0, 0.05) is 36.6 Å². The van der Waals surface area contributed by atoms with Gasteiger partial charge >= 0.3 is 0 Å². The minimum Gasteiger partial charge on any atom is -0.390 e. The molecule has 1 N–H and O–H groups in total. The van der Waals surface area contributed by atoms with Crippen LogP contribution in [0.4, 0.5) is 0 Å². The van der Waals surface area contributed by atoms with Crippen molar-refractivity contribution in [2.75, 3.05) is 13.1 Å². The number of rotatable bonds is 2. The highest BCUT2D eigenvalue weighted by atomic mass is 16.3. The van der Waals surface area contributed by atoms with Crippen LogP contribution in [0.15, 0.2) is 18.2 Å². The smallest absolute Gasteiger partial charge is 0.254 e. The summed E-state index contributed by atoms with van der Waals surface area (Å²) in [5, 5.41) is 10.3. The summed E-state index contributed by atoms with van der Waals surface area (Å²) in [5.74, 6) is 0.387. The third kappa shape index (κ3) is 2.17. The summed E-state index contributed by atoms with van der Waals surface area (Å²) in [7, 11) is 0. The fraction of sp³-hybridized carbons (Fsp3) is 0.556. The minimum atomic E-state index is -0.520. The fourth-order valence-electron chi connectivity index (χ4n) is 4.00. The lowest BCUT2D eigenvalue weighted by atomic mass is 9.90. The standard InChI is InChI=1S/C18H21NO3/c20-16-7-6-13-14(16)4-1-5-15(13)17(21)19-10-2-3-12(11-19)18(22)8-9-18/h1,4-5,12,22H,2-3,6-11H2. The highest BCUT2D eigenvalue weighted by molar-refractivity contribution is 6.05. The van der Waals surface area contributed by atoms with Gasteiger partial charge in [0.25, 0.3) is 5.91 Å². The molecule has 1 aliphatic heterocycles. The van der Waals surface area contributed by atoms with Crippen LogP contribution in [0.2, 0.25) is 0 Å². The number of piperidine rings is 1. The average molecular weight is 299 g/mol. The molecular weight excluding hydrogens is 278 g/mol. The molecule has 3 aliphatic rings. The number of aliphatic hydroxyl groups is 1. The van der Waals surface area contributed by atoms with Crippen molar-refractivity contribution in [3.8, 4) is 0 Å². The predicted octanol–water partition coefficient (Wildman–Crippen LogP) is 2.19. The fourth-order valence-corrected chi connectivity index (χ4v) is 4.00. The largest absolute Gasteiger partial charge is 0.390 e. The van der Waals surface area contributed by atoms with Gasteiger partial charge in [-0.2, -0.15) is 0 Å². The Bertz CT molecular complexity index is 648. The van der Waals surface area contributed by atoms with Crippen LogP contribution in [-0.2, 0) is 6.42 Å². The lowest BCUT2D eigenvalue weighted by Crippen LogP contribution is -2.44. The number of fused-ring (bicyclic) bond motifs is 1. The highest BCUT2D eigenvalue weighted by Crippen LogP contribution is 2.45. The Kier molecular flexibility index (Phi) is 3.12. The van der Waals surface area contributed by atoms with Crippen molar-refractivity contribution in [1.82, 2.24) is 4.90 Å². The maximum Gasteiger partial charge on any atom is 0.254 e. The van der Waals surface area contributed by atoms with Crippen LogP contribution in [0.3, 0.4) is 0 Å². The van der Waals surface area contributed by atoms with E-state index in [-0.39, 0.29) is 17.6 Å².